The van der Waals surface area contributed by atoms with Gasteiger partial charge in [0.2, 0.25) is 10.0 Å². The number of benzene rings is 3. The predicted molar refractivity (Wildman–Crippen MR) is 144 cm³/mol. The highest BCUT2D eigenvalue weighted by Crippen LogP contribution is 2.35. The maximum absolute atomic E-state index is 12.1. The van der Waals surface area contributed by atoms with Gasteiger partial charge in [-0.2, -0.15) is 0 Å². The summed E-state index contributed by atoms with van der Waals surface area (Å²) >= 11 is 0. The smallest absolute Gasteiger partial charge is 0.337 e. The minimum atomic E-state index is -3.75. The van der Waals surface area contributed by atoms with Crippen LogP contribution in [0.25, 0.3) is 0 Å². The van der Waals surface area contributed by atoms with Crippen LogP contribution in [0, 0.1) is 6.92 Å². The van der Waals surface area contributed by atoms with Crippen LogP contribution in [0.15, 0.2) is 65.6 Å². The molecule has 0 amide bonds. The minimum absolute atomic E-state index is 0.101. The molecule has 0 unspecified atom stereocenters. The van der Waals surface area contributed by atoms with Crippen molar-refractivity contribution in [3.05, 3.63) is 77.4 Å². The summed E-state index contributed by atoms with van der Waals surface area (Å²) in [5.74, 6) is -0.537. The molecule has 0 saturated heterocycles. The summed E-state index contributed by atoms with van der Waals surface area (Å²) < 4.78 is 26.4. The van der Waals surface area contributed by atoms with E-state index in [0.717, 1.165) is 28.7 Å². The van der Waals surface area contributed by atoms with Crippen LogP contribution in [0.3, 0.4) is 0 Å². The van der Waals surface area contributed by atoms with Gasteiger partial charge in [-0.05, 0) is 92.4 Å². The first-order valence-electron chi connectivity index (χ1n) is 12.2. The molecular weight excluding hydrogens is 474 g/mol. The number of aromatic carboxylic acids is 1. The van der Waals surface area contributed by atoms with E-state index in [1.165, 1.54) is 56.8 Å². The maximum Gasteiger partial charge on any atom is 0.337 e. The van der Waals surface area contributed by atoms with Crippen molar-refractivity contribution in [2.24, 2.45) is 0 Å². The first kappa shape index (κ1) is 25.7. The zero-order chi connectivity index (χ0) is 25.9. The van der Waals surface area contributed by atoms with Crippen molar-refractivity contribution in [3.63, 3.8) is 0 Å². The first-order valence-corrected chi connectivity index (χ1v) is 13.7. The minimum Gasteiger partial charge on any atom is -0.478 e. The predicted octanol–water partition coefficient (Wildman–Crippen LogP) is 6.16. The Hall–Kier alpha value is -3.36. The first-order chi connectivity index (χ1) is 17.2. The van der Waals surface area contributed by atoms with E-state index in [1.54, 1.807) is 0 Å². The zero-order valence-electron chi connectivity index (χ0n) is 20.9. The number of rotatable bonds is 8. The Morgan fingerprint density at radius 3 is 2.17 bits per heavy atom. The quantitative estimate of drug-likeness (QED) is 0.338. The number of carbonyl (C=O) groups is 1. The molecular formula is C28H33N3O4S. The van der Waals surface area contributed by atoms with Gasteiger partial charge in [-0.15, -0.1) is 0 Å². The number of hydrogen-bond donors (Lipinski definition) is 3. The third-order valence-corrected chi connectivity index (χ3v) is 8.44. The van der Waals surface area contributed by atoms with Crippen molar-refractivity contribution in [1.29, 1.82) is 0 Å². The van der Waals surface area contributed by atoms with E-state index in [-0.39, 0.29) is 10.5 Å². The van der Waals surface area contributed by atoms with Crippen molar-refractivity contribution in [1.82, 2.24) is 4.72 Å². The molecule has 1 fully saturated rings. The van der Waals surface area contributed by atoms with Crippen LogP contribution in [-0.4, -0.2) is 33.6 Å². The summed E-state index contributed by atoms with van der Waals surface area (Å²) in [7, 11) is -0.434. The highest BCUT2D eigenvalue weighted by Gasteiger charge is 2.19. The number of carboxylic acids is 1. The summed E-state index contributed by atoms with van der Waals surface area (Å²) in [6.07, 6.45) is 6.54. The van der Waals surface area contributed by atoms with Crippen LogP contribution < -0.4 is 14.9 Å². The molecule has 0 atom stereocenters. The Balaban J connectivity index is 1.53. The largest absolute Gasteiger partial charge is 0.478 e. The normalized spacial score (nSPS) is 14.4. The van der Waals surface area contributed by atoms with Gasteiger partial charge < -0.3 is 15.3 Å². The Bertz CT molecular complexity index is 1350. The van der Waals surface area contributed by atoms with Gasteiger partial charge in [0.1, 0.15) is 0 Å². The van der Waals surface area contributed by atoms with Crippen molar-refractivity contribution in [2.75, 3.05) is 24.3 Å². The zero-order valence-corrected chi connectivity index (χ0v) is 21.7. The van der Waals surface area contributed by atoms with E-state index in [0.29, 0.717) is 11.6 Å². The van der Waals surface area contributed by atoms with Gasteiger partial charge in [0.15, 0.2) is 0 Å². The molecule has 3 aromatic carbocycles. The van der Waals surface area contributed by atoms with Crippen molar-refractivity contribution >= 4 is 38.7 Å². The number of nitrogens with zero attached hydrogens (tertiary/aromatic N) is 1. The number of hydrogen-bond acceptors (Lipinski definition) is 5. The molecule has 0 bridgehead atoms. The van der Waals surface area contributed by atoms with Gasteiger partial charge in [0, 0.05) is 24.1 Å². The highest BCUT2D eigenvalue weighted by molar-refractivity contribution is 7.89. The molecule has 4 rings (SSSR count). The molecule has 0 aliphatic heterocycles. The van der Waals surface area contributed by atoms with Crippen molar-refractivity contribution < 1.29 is 18.3 Å². The van der Waals surface area contributed by atoms with E-state index in [2.05, 4.69) is 39.2 Å². The molecule has 3 N–H and O–H groups in total. The maximum atomic E-state index is 12.1. The van der Waals surface area contributed by atoms with Crippen LogP contribution in [0.1, 0.15) is 59.5 Å². The van der Waals surface area contributed by atoms with Gasteiger partial charge >= 0.3 is 5.97 Å². The monoisotopic (exact) mass is 507 g/mol. The highest BCUT2D eigenvalue weighted by atomic mass is 32.2. The third kappa shape index (κ3) is 5.55. The van der Waals surface area contributed by atoms with Gasteiger partial charge in [0.05, 0.1) is 16.1 Å². The molecule has 7 nitrogen and oxygen atoms in total. The molecule has 0 heterocycles. The Labute approximate surface area is 213 Å². The fourth-order valence-electron chi connectivity index (χ4n) is 4.79. The fraction of sp³-hybridized carbons (Fsp3) is 0.321. The number of carboxylic acid groups (broad SMARTS) is 1. The van der Waals surface area contributed by atoms with Gasteiger partial charge in [0.25, 0.3) is 0 Å². The van der Waals surface area contributed by atoms with Crippen LogP contribution >= 0.6 is 0 Å². The Morgan fingerprint density at radius 2 is 1.56 bits per heavy atom. The molecule has 1 aliphatic rings. The second-order valence-electron chi connectivity index (χ2n) is 9.33. The summed E-state index contributed by atoms with van der Waals surface area (Å²) in [6, 6.07) is 18.8. The van der Waals surface area contributed by atoms with E-state index in [4.69, 9.17) is 0 Å². The van der Waals surface area contributed by atoms with Crippen LogP contribution in [-0.2, 0) is 10.0 Å². The van der Waals surface area contributed by atoms with Crippen LogP contribution in [0.5, 0.6) is 0 Å². The number of nitrogens with one attached hydrogen (secondary N) is 2. The second kappa shape index (κ2) is 10.7. The average molecular weight is 508 g/mol. The van der Waals surface area contributed by atoms with E-state index >= 15 is 0 Å². The summed E-state index contributed by atoms with van der Waals surface area (Å²) in [5.41, 5.74) is 5.41. The van der Waals surface area contributed by atoms with E-state index < -0.39 is 16.0 Å². The molecule has 0 radical (unpaired) electrons. The van der Waals surface area contributed by atoms with Gasteiger partial charge in [-0.3, -0.25) is 0 Å². The number of aryl methyl sites for hydroxylation is 1. The molecule has 1 aliphatic carbocycles. The standard InChI is InChI=1S/C28H33N3O4S/c1-19-17-23(31(3)22-11-9-21(10-12-22)20-7-5-4-6-8-20)13-15-26(19)30-27-16-14-24(36(34,35)29-2)18-25(27)28(32)33/h9-18,20,29-30H,4-8H2,1-3H3,(H,32,33). The molecule has 36 heavy (non-hydrogen) atoms. The topological polar surface area (TPSA) is 98.7 Å². The van der Waals surface area contributed by atoms with E-state index in [9.17, 15) is 18.3 Å². The lowest BCUT2D eigenvalue weighted by Gasteiger charge is -2.24. The fourth-order valence-corrected chi connectivity index (χ4v) is 5.55. The molecule has 0 spiro atoms. The van der Waals surface area contributed by atoms with E-state index in [1.807, 2.05) is 32.2 Å². The average Bonchev–Trinajstić information content (AvgIpc) is 2.90. The molecule has 8 heteroatoms. The SMILES string of the molecule is CNS(=O)(=O)c1ccc(Nc2ccc(N(C)c3ccc(C4CCCCC4)cc3)cc2C)c(C(=O)O)c1. The molecule has 1 saturated carbocycles. The third-order valence-electron chi connectivity index (χ3n) is 7.02. The summed E-state index contributed by atoms with van der Waals surface area (Å²) in [6.45, 7) is 1.95. The number of anilines is 4. The summed E-state index contributed by atoms with van der Waals surface area (Å²) in [5, 5.41) is 12.8. The lowest BCUT2D eigenvalue weighted by molar-refractivity contribution is 0.0697. The van der Waals surface area contributed by atoms with Gasteiger partial charge in [-0.25, -0.2) is 17.9 Å². The van der Waals surface area contributed by atoms with Gasteiger partial charge in [-0.1, -0.05) is 31.4 Å². The van der Waals surface area contributed by atoms with Crippen LogP contribution in [0.2, 0.25) is 0 Å². The molecule has 3 aromatic rings. The summed E-state index contributed by atoms with van der Waals surface area (Å²) in [4.78, 5) is 13.9. The lowest BCUT2D eigenvalue weighted by Crippen LogP contribution is -2.19. The van der Waals surface area contributed by atoms with Crippen molar-refractivity contribution in [2.45, 2.75) is 49.8 Å². The van der Waals surface area contributed by atoms with Crippen molar-refractivity contribution in [3.8, 4) is 0 Å². The molecule has 0 aromatic heterocycles. The van der Waals surface area contributed by atoms with Crippen LogP contribution in [0.4, 0.5) is 22.7 Å². The molecule has 190 valence electrons. The second-order valence-corrected chi connectivity index (χ2v) is 11.2. The Morgan fingerprint density at radius 1 is 0.917 bits per heavy atom. The Kier molecular flexibility index (Phi) is 7.66. The lowest BCUT2D eigenvalue weighted by atomic mass is 9.84. The number of sulfonamides is 1.